The van der Waals surface area contributed by atoms with E-state index in [4.69, 9.17) is 5.73 Å². The summed E-state index contributed by atoms with van der Waals surface area (Å²) in [6.07, 6.45) is 4.37. The largest absolute Gasteiger partial charge is 0.367 e. The number of benzene rings is 1. The minimum atomic E-state index is -0.0138. The first-order valence-electron chi connectivity index (χ1n) is 9.17. The van der Waals surface area contributed by atoms with Crippen LogP contribution in [0.2, 0.25) is 0 Å². The average Bonchev–Trinajstić information content (AvgIpc) is 3.07. The number of nitrogens with two attached hydrogens (primary N) is 1. The van der Waals surface area contributed by atoms with Crippen molar-refractivity contribution in [2.45, 2.75) is 38.3 Å². The summed E-state index contributed by atoms with van der Waals surface area (Å²) in [5, 5.41) is 10.8. The van der Waals surface area contributed by atoms with Crippen molar-refractivity contribution in [3.63, 3.8) is 0 Å². The van der Waals surface area contributed by atoms with Crippen molar-refractivity contribution in [2.24, 2.45) is 0 Å². The van der Waals surface area contributed by atoms with Crippen LogP contribution in [-0.2, 0) is 17.8 Å². The van der Waals surface area contributed by atoms with Gasteiger partial charge in [-0.2, -0.15) is 0 Å². The molecule has 0 aliphatic carbocycles. The number of hydrogen-bond acceptors (Lipinski definition) is 6. The van der Waals surface area contributed by atoms with Crippen LogP contribution in [0, 0.1) is 0 Å². The standard InChI is InChI=1S/C18H27N7O/c1-23(17(26)14-25-18(19)20-21-22-25)16-10-6-12-24(13-16)11-5-9-15-7-3-2-4-8-15/h2-4,7-8,16H,5-6,9-14H2,1H3,(H2,19,20,22). The van der Waals surface area contributed by atoms with Gasteiger partial charge in [0.1, 0.15) is 6.54 Å². The molecule has 8 heteroatoms. The number of nitrogens with zero attached hydrogens (tertiary/aromatic N) is 6. The van der Waals surface area contributed by atoms with E-state index in [1.165, 1.54) is 10.2 Å². The van der Waals surface area contributed by atoms with Gasteiger partial charge < -0.3 is 15.5 Å². The molecule has 1 amide bonds. The second kappa shape index (κ2) is 8.75. The number of carbonyl (C=O) groups is 1. The van der Waals surface area contributed by atoms with E-state index < -0.39 is 0 Å². The predicted molar refractivity (Wildman–Crippen MR) is 99.2 cm³/mol. The number of anilines is 1. The van der Waals surface area contributed by atoms with Crippen molar-refractivity contribution in [1.29, 1.82) is 0 Å². The lowest BCUT2D eigenvalue weighted by Gasteiger charge is -2.37. The molecule has 2 aromatic rings. The second-order valence-corrected chi connectivity index (χ2v) is 6.89. The van der Waals surface area contributed by atoms with Crippen molar-refractivity contribution < 1.29 is 4.79 Å². The maximum Gasteiger partial charge on any atom is 0.244 e. The van der Waals surface area contributed by atoms with Crippen LogP contribution in [-0.4, -0.2) is 68.6 Å². The molecule has 1 aromatic carbocycles. The van der Waals surface area contributed by atoms with Crippen LogP contribution in [0.3, 0.4) is 0 Å². The number of aryl methyl sites for hydroxylation is 1. The first-order valence-corrected chi connectivity index (χ1v) is 9.17. The Kier molecular flexibility index (Phi) is 6.17. The Balaban J connectivity index is 1.46. The zero-order valence-corrected chi connectivity index (χ0v) is 15.3. The summed E-state index contributed by atoms with van der Waals surface area (Å²) in [4.78, 5) is 16.8. The van der Waals surface area contributed by atoms with Crippen molar-refractivity contribution in [3.8, 4) is 0 Å². The molecule has 2 N–H and O–H groups in total. The van der Waals surface area contributed by atoms with E-state index in [0.29, 0.717) is 0 Å². The number of piperidine rings is 1. The van der Waals surface area contributed by atoms with E-state index in [-0.39, 0.29) is 24.4 Å². The fourth-order valence-electron chi connectivity index (χ4n) is 3.47. The summed E-state index contributed by atoms with van der Waals surface area (Å²) in [7, 11) is 1.86. The van der Waals surface area contributed by atoms with E-state index in [1.54, 1.807) is 0 Å². The molecule has 1 fully saturated rings. The molecule has 1 aliphatic rings. The summed E-state index contributed by atoms with van der Waals surface area (Å²) in [5.41, 5.74) is 7.02. The Morgan fingerprint density at radius 2 is 2.15 bits per heavy atom. The first-order chi connectivity index (χ1) is 12.6. The van der Waals surface area contributed by atoms with E-state index >= 15 is 0 Å². The lowest BCUT2D eigenvalue weighted by atomic mass is 10.0. The quantitative estimate of drug-likeness (QED) is 0.788. The number of aromatic nitrogens is 4. The molecule has 0 radical (unpaired) electrons. The minimum Gasteiger partial charge on any atom is -0.367 e. The minimum absolute atomic E-state index is 0.0138. The van der Waals surface area contributed by atoms with Crippen molar-refractivity contribution in [3.05, 3.63) is 35.9 Å². The summed E-state index contributed by atoms with van der Waals surface area (Å²) in [6.45, 7) is 3.17. The topological polar surface area (TPSA) is 93.2 Å². The molecule has 0 spiro atoms. The van der Waals surface area contributed by atoms with Gasteiger partial charge in [-0.25, -0.2) is 4.68 Å². The third kappa shape index (κ3) is 4.78. The molecule has 140 valence electrons. The lowest BCUT2D eigenvalue weighted by molar-refractivity contribution is -0.133. The number of amides is 1. The average molecular weight is 357 g/mol. The maximum atomic E-state index is 12.5. The molecule has 26 heavy (non-hydrogen) atoms. The van der Waals surface area contributed by atoms with Gasteiger partial charge in [-0.3, -0.25) is 4.79 Å². The fraction of sp³-hybridized carbons (Fsp3) is 0.556. The SMILES string of the molecule is CN(C(=O)Cn1nnnc1N)C1CCCN(CCCc2ccccc2)C1. The highest BCUT2D eigenvalue weighted by molar-refractivity contribution is 5.76. The van der Waals surface area contributed by atoms with E-state index in [1.807, 2.05) is 11.9 Å². The molecule has 3 rings (SSSR count). The van der Waals surface area contributed by atoms with Crippen LogP contribution >= 0.6 is 0 Å². The molecule has 0 bridgehead atoms. The van der Waals surface area contributed by atoms with Gasteiger partial charge in [-0.05, 0) is 54.8 Å². The number of carbonyl (C=O) groups excluding carboxylic acids is 1. The number of likely N-dealkylation sites (N-methyl/N-ethyl adjacent to an activating group) is 1. The zero-order chi connectivity index (χ0) is 18.4. The smallest absolute Gasteiger partial charge is 0.244 e. The molecule has 1 saturated heterocycles. The monoisotopic (exact) mass is 357 g/mol. The maximum absolute atomic E-state index is 12.5. The third-order valence-corrected chi connectivity index (χ3v) is 5.05. The van der Waals surface area contributed by atoms with Crippen molar-refractivity contribution in [2.75, 3.05) is 32.4 Å². The Hall–Kier alpha value is -2.48. The Morgan fingerprint density at radius 3 is 2.88 bits per heavy atom. The highest BCUT2D eigenvalue weighted by Crippen LogP contribution is 2.16. The number of tetrazole rings is 1. The third-order valence-electron chi connectivity index (χ3n) is 5.05. The lowest BCUT2D eigenvalue weighted by Crippen LogP contribution is -2.49. The van der Waals surface area contributed by atoms with Gasteiger partial charge in [0.15, 0.2) is 0 Å². The predicted octanol–water partition coefficient (Wildman–Crippen LogP) is 0.811. The highest BCUT2D eigenvalue weighted by atomic mass is 16.2. The molecule has 2 heterocycles. The highest BCUT2D eigenvalue weighted by Gasteiger charge is 2.26. The van der Waals surface area contributed by atoms with Crippen LogP contribution in [0.4, 0.5) is 5.95 Å². The second-order valence-electron chi connectivity index (χ2n) is 6.89. The summed E-state index contributed by atoms with van der Waals surface area (Å²) in [5.74, 6) is 0.151. The molecular formula is C18H27N7O. The van der Waals surface area contributed by atoms with Crippen LogP contribution in [0.25, 0.3) is 0 Å². The van der Waals surface area contributed by atoms with Gasteiger partial charge in [-0.15, -0.1) is 0 Å². The molecule has 1 aliphatic heterocycles. The summed E-state index contributed by atoms with van der Waals surface area (Å²) < 4.78 is 1.33. The number of rotatable bonds is 7. The molecular weight excluding hydrogens is 330 g/mol. The van der Waals surface area contributed by atoms with Crippen LogP contribution in [0.15, 0.2) is 30.3 Å². The summed E-state index contributed by atoms with van der Waals surface area (Å²) >= 11 is 0. The van der Waals surface area contributed by atoms with E-state index in [0.717, 1.165) is 45.3 Å². The van der Waals surface area contributed by atoms with Gasteiger partial charge in [0.05, 0.1) is 0 Å². The van der Waals surface area contributed by atoms with Gasteiger partial charge in [0.25, 0.3) is 0 Å². The molecule has 1 atom stereocenters. The van der Waals surface area contributed by atoms with Gasteiger partial charge in [0, 0.05) is 19.6 Å². The summed E-state index contributed by atoms with van der Waals surface area (Å²) in [6, 6.07) is 10.8. The van der Waals surface area contributed by atoms with E-state index in [9.17, 15) is 4.79 Å². The zero-order valence-electron chi connectivity index (χ0n) is 15.3. The first kappa shape index (κ1) is 18.3. The molecule has 1 unspecified atom stereocenters. The molecule has 0 saturated carbocycles. The fourth-order valence-corrected chi connectivity index (χ4v) is 3.47. The molecule has 8 nitrogen and oxygen atoms in total. The van der Waals surface area contributed by atoms with E-state index in [2.05, 4.69) is 50.8 Å². The number of nitrogen functional groups attached to an aromatic ring is 1. The van der Waals surface area contributed by atoms with Crippen molar-refractivity contribution >= 4 is 11.9 Å². The Morgan fingerprint density at radius 1 is 1.35 bits per heavy atom. The Bertz CT molecular complexity index is 703. The van der Waals surface area contributed by atoms with Crippen LogP contribution in [0.1, 0.15) is 24.8 Å². The van der Waals surface area contributed by atoms with Gasteiger partial charge in [0.2, 0.25) is 11.9 Å². The van der Waals surface area contributed by atoms with Gasteiger partial charge in [-0.1, -0.05) is 35.4 Å². The number of hydrogen-bond donors (Lipinski definition) is 1. The van der Waals surface area contributed by atoms with Gasteiger partial charge >= 0.3 is 0 Å². The normalized spacial score (nSPS) is 18.0. The molecule has 1 aromatic heterocycles. The Labute approximate surface area is 154 Å². The number of likely N-dealkylation sites (tertiary alicyclic amines) is 1. The van der Waals surface area contributed by atoms with Crippen LogP contribution < -0.4 is 5.73 Å². The van der Waals surface area contributed by atoms with Crippen molar-refractivity contribution in [1.82, 2.24) is 30.0 Å². The van der Waals surface area contributed by atoms with Crippen LogP contribution in [0.5, 0.6) is 0 Å².